The molecular formula is C26H28O5. The molecule has 5 atom stereocenters. The molecule has 4 fully saturated rings. The Morgan fingerprint density at radius 3 is 1.97 bits per heavy atom. The minimum atomic E-state index is -0.652. The van der Waals surface area contributed by atoms with Crippen LogP contribution in [0.2, 0.25) is 0 Å². The van der Waals surface area contributed by atoms with Gasteiger partial charge in [0.15, 0.2) is 11.6 Å². The summed E-state index contributed by atoms with van der Waals surface area (Å²) in [5, 5.41) is 0. The van der Waals surface area contributed by atoms with Crippen molar-refractivity contribution in [3.05, 3.63) is 59.7 Å². The maximum Gasteiger partial charge on any atom is 0.164 e. The van der Waals surface area contributed by atoms with Gasteiger partial charge in [-0.3, -0.25) is 0 Å². The van der Waals surface area contributed by atoms with Crippen molar-refractivity contribution in [1.29, 1.82) is 0 Å². The summed E-state index contributed by atoms with van der Waals surface area (Å²) in [6, 6.07) is 17.5. The number of benzene rings is 2. The molecule has 1 saturated carbocycles. The first kappa shape index (κ1) is 18.8. The molecule has 0 aromatic heterocycles. The van der Waals surface area contributed by atoms with E-state index < -0.39 is 17.2 Å². The molecule has 0 N–H and O–H groups in total. The van der Waals surface area contributed by atoms with Gasteiger partial charge in [0.1, 0.15) is 30.0 Å². The molecule has 7 rings (SSSR count). The summed E-state index contributed by atoms with van der Waals surface area (Å²) in [6.07, 6.45) is 0.148. The fourth-order valence-electron chi connectivity index (χ4n) is 6.74. The smallest absolute Gasteiger partial charge is 0.164 e. The highest BCUT2D eigenvalue weighted by atomic mass is 16.8. The van der Waals surface area contributed by atoms with Crippen molar-refractivity contribution in [3.8, 4) is 11.1 Å². The summed E-state index contributed by atoms with van der Waals surface area (Å²) in [7, 11) is 0. The highest BCUT2D eigenvalue weighted by Crippen LogP contribution is 2.75. The molecule has 3 heterocycles. The Kier molecular flexibility index (Phi) is 3.38. The van der Waals surface area contributed by atoms with E-state index in [-0.39, 0.29) is 29.8 Å². The van der Waals surface area contributed by atoms with Crippen LogP contribution in [0.1, 0.15) is 45.2 Å². The SMILES string of the molecule is CC1(C)OC[C@H]([C@H]2OC3(CC34c3ccccc3-c3ccccc34)[C@H]3OC(C)(C)O[C@@H]23)O1. The first-order valence-electron chi connectivity index (χ1n) is 11.3. The van der Waals surface area contributed by atoms with Gasteiger partial charge in [0, 0.05) is 0 Å². The van der Waals surface area contributed by atoms with Crippen molar-refractivity contribution < 1.29 is 23.7 Å². The molecule has 1 unspecified atom stereocenters. The fourth-order valence-corrected chi connectivity index (χ4v) is 6.74. The molecule has 3 aliphatic heterocycles. The fraction of sp³-hybridized carbons (Fsp3) is 0.538. The Morgan fingerprint density at radius 1 is 0.710 bits per heavy atom. The van der Waals surface area contributed by atoms with Gasteiger partial charge in [0.05, 0.1) is 12.0 Å². The van der Waals surface area contributed by atoms with E-state index in [1.165, 1.54) is 22.3 Å². The quantitative estimate of drug-likeness (QED) is 0.693. The van der Waals surface area contributed by atoms with Crippen LogP contribution in [0.4, 0.5) is 0 Å². The van der Waals surface area contributed by atoms with Gasteiger partial charge < -0.3 is 23.7 Å². The van der Waals surface area contributed by atoms with Crippen molar-refractivity contribution in [1.82, 2.24) is 0 Å². The summed E-state index contributed by atoms with van der Waals surface area (Å²) in [5.74, 6) is -1.26. The van der Waals surface area contributed by atoms with Crippen LogP contribution in [0, 0.1) is 0 Å². The lowest BCUT2D eigenvalue weighted by Crippen LogP contribution is -2.40. The Morgan fingerprint density at radius 2 is 1.35 bits per heavy atom. The Hall–Kier alpha value is -1.76. The van der Waals surface area contributed by atoms with Gasteiger partial charge in [-0.1, -0.05) is 48.5 Å². The molecule has 5 aliphatic rings. The zero-order valence-electron chi connectivity index (χ0n) is 18.4. The molecule has 0 bridgehead atoms. The third-order valence-electron chi connectivity index (χ3n) is 7.84. The lowest BCUT2D eigenvalue weighted by atomic mass is 9.86. The summed E-state index contributed by atoms with van der Waals surface area (Å²) >= 11 is 0. The first-order chi connectivity index (χ1) is 14.8. The van der Waals surface area contributed by atoms with Crippen molar-refractivity contribution in [2.45, 2.75) is 81.1 Å². The van der Waals surface area contributed by atoms with Gasteiger partial charge in [-0.05, 0) is 56.4 Å². The number of ether oxygens (including phenoxy) is 5. The van der Waals surface area contributed by atoms with Crippen LogP contribution < -0.4 is 0 Å². The molecule has 162 valence electrons. The minimum Gasteiger partial charge on any atom is -0.362 e. The molecule has 3 saturated heterocycles. The van der Waals surface area contributed by atoms with Gasteiger partial charge in [-0.25, -0.2) is 0 Å². The first-order valence-corrected chi connectivity index (χ1v) is 11.3. The molecule has 2 aliphatic carbocycles. The molecule has 5 nitrogen and oxygen atoms in total. The average molecular weight is 421 g/mol. The van der Waals surface area contributed by atoms with E-state index in [9.17, 15) is 0 Å². The molecule has 0 amide bonds. The second kappa shape index (κ2) is 5.59. The summed E-state index contributed by atoms with van der Waals surface area (Å²) < 4.78 is 32.1. The van der Waals surface area contributed by atoms with Crippen LogP contribution in [0.15, 0.2) is 48.5 Å². The van der Waals surface area contributed by atoms with Crippen LogP contribution in [0.3, 0.4) is 0 Å². The van der Waals surface area contributed by atoms with Crippen molar-refractivity contribution in [3.63, 3.8) is 0 Å². The summed E-state index contributed by atoms with van der Waals surface area (Å²) in [4.78, 5) is 0. The average Bonchev–Trinajstić information content (AvgIpc) is 2.97. The molecule has 31 heavy (non-hydrogen) atoms. The maximum absolute atomic E-state index is 6.99. The van der Waals surface area contributed by atoms with E-state index in [0.29, 0.717) is 6.61 Å². The summed E-state index contributed by atoms with van der Waals surface area (Å²) in [5.41, 5.74) is 4.61. The lowest BCUT2D eigenvalue weighted by molar-refractivity contribution is -0.212. The molecule has 2 aromatic carbocycles. The van der Waals surface area contributed by atoms with Crippen LogP contribution in [0.5, 0.6) is 0 Å². The molecular weight excluding hydrogens is 392 g/mol. The van der Waals surface area contributed by atoms with Crippen molar-refractivity contribution in [2.75, 3.05) is 6.61 Å². The third kappa shape index (κ3) is 2.24. The van der Waals surface area contributed by atoms with E-state index in [1.54, 1.807) is 0 Å². The molecule has 5 heteroatoms. The topological polar surface area (TPSA) is 46.2 Å². The van der Waals surface area contributed by atoms with Crippen LogP contribution in [0.25, 0.3) is 11.1 Å². The normalized spacial score (nSPS) is 39.6. The zero-order valence-corrected chi connectivity index (χ0v) is 18.4. The monoisotopic (exact) mass is 420 g/mol. The van der Waals surface area contributed by atoms with E-state index in [2.05, 4.69) is 48.5 Å². The number of rotatable bonds is 1. The Balaban J connectivity index is 1.36. The van der Waals surface area contributed by atoms with Gasteiger partial charge >= 0.3 is 0 Å². The highest BCUT2D eigenvalue weighted by molar-refractivity contribution is 5.85. The van der Waals surface area contributed by atoms with Gasteiger partial charge in [-0.15, -0.1) is 0 Å². The Bertz CT molecular complexity index is 1050. The zero-order chi connectivity index (χ0) is 21.2. The third-order valence-corrected chi connectivity index (χ3v) is 7.84. The molecule has 0 radical (unpaired) electrons. The Labute approximate surface area is 182 Å². The maximum atomic E-state index is 6.99. The van der Waals surface area contributed by atoms with Gasteiger partial charge in [-0.2, -0.15) is 0 Å². The van der Waals surface area contributed by atoms with E-state index in [0.717, 1.165) is 6.42 Å². The molecule has 2 aromatic rings. The standard InChI is InChI=1S/C26H28O5/c1-23(2)27-13-19(28-23)20-21-22(31-24(3,4)29-21)26(30-20)14-25(26)17-11-7-5-9-15(17)16-10-6-8-12-18(16)25/h5-12,19-22H,13-14H2,1-4H3/t19-,20-,21+,22+,26?/m1/s1. The number of hydrogen-bond donors (Lipinski definition) is 0. The second-order valence-corrected chi connectivity index (χ2v) is 10.5. The summed E-state index contributed by atoms with van der Waals surface area (Å²) in [6.45, 7) is 8.40. The van der Waals surface area contributed by atoms with Crippen LogP contribution in [-0.4, -0.2) is 48.2 Å². The van der Waals surface area contributed by atoms with Gasteiger partial charge in [0.2, 0.25) is 0 Å². The van der Waals surface area contributed by atoms with Crippen LogP contribution >= 0.6 is 0 Å². The second-order valence-electron chi connectivity index (χ2n) is 10.5. The number of fused-ring (bicyclic) bond motifs is 8. The lowest BCUT2D eigenvalue weighted by Gasteiger charge is -2.29. The van der Waals surface area contributed by atoms with E-state index >= 15 is 0 Å². The highest BCUT2D eigenvalue weighted by Gasteiger charge is 2.83. The van der Waals surface area contributed by atoms with Crippen molar-refractivity contribution >= 4 is 0 Å². The number of hydrogen-bond acceptors (Lipinski definition) is 5. The largest absolute Gasteiger partial charge is 0.362 e. The molecule has 2 spiro atoms. The van der Waals surface area contributed by atoms with Crippen molar-refractivity contribution in [2.24, 2.45) is 0 Å². The van der Waals surface area contributed by atoms with Crippen LogP contribution in [-0.2, 0) is 29.1 Å². The predicted molar refractivity (Wildman–Crippen MR) is 114 cm³/mol. The predicted octanol–water partition coefficient (Wildman–Crippen LogP) is 4.17. The minimum absolute atomic E-state index is 0.154. The van der Waals surface area contributed by atoms with E-state index in [1.807, 2.05) is 27.7 Å². The van der Waals surface area contributed by atoms with Gasteiger partial charge in [0.25, 0.3) is 0 Å². The van der Waals surface area contributed by atoms with E-state index in [4.69, 9.17) is 23.7 Å².